The van der Waals surface area contributed by atoms with Crippen molar-refractivity contribution < 1.29 is 27.4 Å². The maximum Gasteiger partial charge on any atom is 0.292 e. The van der Waals surface area contributed by atoms with Crippen molar-refractivity contribution in [3.05, 3.63) is 36.4 Å². The molecule has 0 radical (unpaired) electrons. The van der Waals surface area contributed by atoms with Crippen LogP contribution in [-0.4, -0.2) is 8.42 Å². The van der Waals surface area contributed by atoms with Gasteiger partial charge >= 0.3 is 0 Å². The lowest BCUT2D eigenvalue weighted by atomic mass is 10.3. The predicted molar refractivity (Wildman–Crippen MR) is 83.3 cm³/mol. The van der Waals surface area contributed by atoms with E-state index in [1.54, 1.807) is 0 Å². The van der Waals surface area contributed by atoms with Crippen LogP contribution in [-0.2, 0) is 9.84 Å². The molecule has 0 aliphatic heterocycles. The quantitative estimate of drug-likeness (QED) is 0.673. The van der Waals surface area contributed by atoms with Gasteiger partial charge in [0.1, 0.15) is 0 Å². The molecule has 11 heteroatoms. The second-order valence-corrected chi connectivity index (χ2v) is 6.27. The molecule has 132 valence electrons. The molecule has 0 aromatic heterocycles. The van der Waals surface area contributed by atoms with E-state index in [0.717, 1.165) is 24.3 Å². The Hall–Kier alpha value is -4.45. The standard InChI is InChI=1S/C16H6N4O6S/c17-7-23-11-3-1-4-12(24-8-18)15(11)27(21,22)16-13(25-9-19)5-2-6-14(16)26-10-20/h1-6H. The molecule has 0 saturated carbocycles. The zero-order valence-corrected chi connectivity index (χ0v) is 13.9. The molecule has 2 aromatic rings. The molecule has 2 rings (SSSR count). The summed E-state index contributed by atoms with van der Waals surface area (Å²) in [5, 5.41) is 35.1. The largest absolute Gasteiger partial charge is 0.386 e. The zero-order valence-electron chi connectivity index (χ0n) is 13.1. The van der Waals surface area contributed by atoms with Gasteiger partial charge in [-0.2, -0.15) is 0 Å². The minimum absolute atomic E-state index is 0.445. The summed E-state index contributed by atoms with van der Waals surface area (Å²) in [4.78, 5) is -1.38. The zero-order chi connectivity index (χ0) is 19.9. The molecule has 2 aromatic carbocycles. The SMILES string of the molecule is N#COc1cccc(OC#N)c1S(=O)(=O)c1c(OC#N)cccc1OC#N. The van der Waals surface area contributed by atoms with Gasteiger partial charge in [-0.1, -0.05) is 12.1 Å². The molecule has 0 saturated heterocycles. The molecule has 27 heavy (non-hydrogen) atoms. The molecule has 0 N–H and O–H groups in total. The first-order valence-electron chi connectivity index (χ1n) is 6.76. The highest BCUT2D eigenvalue weighted by atomic mass is 32.2. The predicted octanol–water partition coefficient (Wildman–Crippen LogP) is 1.96. The van der Waals surface area contributed by atoms with Crippen LogP contribution in [0.2, 0.25) is 0 Å². The highest BCUT2D eigenvalue weighted by Gasteiger charge is 2.34. The smallest absolute Gasteiger partial charge is 0.292 e. The van der Waals surface area contributed by atoms with Gasteiger partial charge in [0.2, 0.25) is 9.84 Å². The first kappa shape index (κ1) is 18.9. The van der Waals surface area contributed by atoms with Gasteiger partial charge in [-0.3, -0.25) is 0 Å². The van der Waals surface area contributed by atoms with Crippen LogP contribution in [0, 0.1) is 46.1 Å². The molecule has 0 unspecified atom stereocenters. The van der Waals surface area contributed by atoms with Crippen LogP contribution in [0.3, 0.4) is 0 Å². The van der Waals surface area contributed by atoms with Crippen molar-refractivity contribution in [1.29, 1.82) is 21.0 Å². The molecule has 0 aliphatic rings. The van der Waals surface area contributed by atoms with Crippen molar-refractivity contribution in [2.24, 2.45) is 0 Å². The van der Waals surface area contributed by atoms with Gasteiger partial charge in [-0.05, 0) is 24.3 Å². The number of nitrogens with zero attached hydrogens (tertiary/aromatic N) is 4. The van der Waals surface area contributed by atoms with Gasteiger partial charge < -0.3 is 18.9 Å². The highest BCUT2D eigenvalue weighted by Crippen LogP contribution is 2.43. The van der Waals surface area contributed by atoms with Gasteiger partial charge in [0.15, 0.2) is 32.8 Å². The third-order valence-corrected chi connectivity index (χ3v) is 4.93. The topological polar surface area (TPSA) is 166 Å². The van der Waals surface area contributed by atoms with Gasteiger partial charge in [0.25, 0.3) is 25.0 Å². The summed E-state index contributed by atoms with van der Waals surface area (Å²) in [5.74, 6) is -1.78. The lowest BCUT2D eigenvalue weighted by Gasteiger charge is -2.14. The number of sulfone groups is 1. The second-order valence-electron chi connectivity index (χ2n) is 4.44. The Bertz CT molecular complexity index is 995. The fraction of sp³-hybridized carbons (Fsp3) is 0. The van der Waals surface area contributed by atoms with E-state index in [0.29, 0.717) is 0 Å². The first-order valence-corrected chi connectivity index (χ1v) is 8.24. The van der Waals surface area contributed by atoms with Crippen molar-refractivity contribution in [1.82, 2.24) is 0 Å². The molecule has 0 fully saturated rings. The third kappa shape index (κ3) is 3.64. The molecular formula is C16H6N4O6S. The molecular weight excluding hydrogens is 376 g/mol. The average molecular weight is 382 g/mol. The first-order chi connectivity index (χ1) is 13.0. The number of ether oxygens (including phenoxy) is 4. The average Bonchev–Trinajstić information content (AvgIpc) is 2.63. The number of hydrogen-bond acceptors (Lipinski definition) is 10. The van der Waals surface area contributed by atoms with Gasteiger partial charge in [0, 0.05) is 0 Å². The van der Waals surface area contributed by atoms with Crippen molar-refractivity contribution in [2.45, 2.75) is 9.79 Å². The maximum atomic E-state index is 13.3. The summed E-state index contributed by atoms with van der Waals surface area (Å²) in [7, 11) is -4.65. The minimum Gasteiger partial charge on any atom is -0.386 e. The molecule has 0 heterocycles. The van der Waals surface area contributed by atoms with Crippen LogP contribution in [0.1, 0.15) is 0 Å². The van der Waals surface area contributed by atoms with Crippen molar-refractivity contribution >= 4 is 9.84 Å². The van der Waals surface area contributed by atoms with E-state index in [1.807, 2.05) is 0 Å². The summed E-state index contributed by atoms with van der Waals surface area (Å²) < 4.78 is 45.1. The summed E-state index contributed by atoms with van der Waals surface area (Å²) in [6, 6.07) is 7.20. The third-order valence-electron chi connectivity index (χ3n) is 3.05. The second kappa shape index (κ2) is 8.09. The molecule has 0 aliphatic carbocycles. The summed E-state index contributed by atoms with van der Waals surface area (Å²) in [5.41, 5.74) is 0. The number of rotatable bonds is 6. The highest BCUT2D eigenvalue weighted by molar-refractivity contribution is 7.92. The summed E-state index contributed by atoms with van der Waals surface area (Å²) in [6.07, 6.45) is 5.31. The van der Waals surface area contributed by atoms with Crippen molar-refractivity contribution in [3.63, 3.8) is 0 Å². The Balaban J connectivity index is 2.90. The Labute approximate surface area is 153 Å². The maximum absolute atomic E-state index is 13.3. The van der Waals surface area contributed by atoms with Crippen LogP contribution < -0.4 is 18.9 Å². The fourth-order valence-electron chi connectivity index (χ4n) is 2.14. The van der Waals surface area contributed by atoms with Gasteiger partial charge in [-0.25, -0.2) is 8.42 Å². The monoisotopic (exact) mass is 382 g/mol. The van der Waals surface area contributed by atoms with Crippen LogP contribution in [0.15, 0.2) is 46.2 Å². The van der Waals surface area contributed by atoms with E-state index in [-0.39, 0.29) is 0 Å². The Morgan fingerprint density at radius 1 is 0.593 bits per heavy atom. The summed E-state index contributed by atoms with van der Waals surface area (Å²) in [6.45, 7) is 0. The number of nitriles is 4. The molecule has 10 nitrogen and oxygen atoms in total. The lowest BCUT2D eigenvalue weighted by molar-refractivity contribution is 0.447. The van der Waals surface area contributed by atoms with Gasteiger partial charge in [0.05, 0.1) is 0 Å². The van der Waals surface area contributed by atoms with E-state index in [9.17, 15) is 8.42 Å². The minimum atomic E-state index is -4.65. The van der Waals surface area contributed by atoms with Gasteiger partial charge in [-0.15, -0.1) is 21.0 Å². The van der Waals surface area contributed by atoms with E-state index in [2.05, 4.69) is 18.9 Å². The fourth-order valence-corrected chi connectivity index (χ4v) is 3.84. The number of hydrogen-bond donors (Lipinski definition) is 0. The van der Waals surface area contributed by atoms with Crippen LogP contribution in [0.5, 0.6) is 23.0 Å². The molecule has 0 bridgehead atoms. The van der Waals surface area contributed by atoms with E-state index >= 15 is 0 Å². The van der Waals surface area contributed by atoms with E-state index < -0.39 is 42.6 Å². The van der Waals surface area contributed by atoms with E-state index in [1.165, 1.54) is 37.2 Å². The number of benzene rings is 2. The Morgan fingerprint density at radius 2 is 0.852 bits per heavy atom. The van der Waals surface area contributed by atoms with E-state index in [4.69, 9.17) is 21.0 Å². The summed E-state index contributed by atoms with van der Waals surface area (Å²) >= 11 is 0. The molecule has 0 amide bonds. The van der Waals surface area contributed by atoms with Crippen LogP contribution in [0.4, 0.5) is 0 Å². The van der Waals surface area contributed by atoms with Crippen molar-refractivity contribution in [3.8, 4) is 48.0 Å². The molecule has 0 atom stereocenters. The van der Waals surface area contributed by atoms with Crippen molar-refractivity contribution in [2.75, 3.05) is 0 Å². The van der Waals surface area contributed by atoms with Crippen LogP contribution >= 0.6 is 0 Å². The van der Waals surface area contributed by atoms with Crippen LogP contribution in [0.25, 0.3) is 0 Å². The normalized spacial score (nSPS) is 9.63. The Morgan fingerprint density at radius 3 is 1.07 bits per heavy atom. The Kier molecular flexibility index (Phi) is 5.65. The molecule has 0 spiro atoms. The lowest BCUT2D eigenvalue weighted by Crippen LogP contribution is -2.09.